The van der Waals surface area contributed by atoms with Gasteiger partial charge in [-0.15, -0.1) is 0 Å². The maximum atomic E-state index is 6.08. The Labute approximate surface area is 142 Å². The Kier molecular flexibility index (Phi) is 8.23. The fourth-order valence-corrected chi connectivity index (χ4v) is 2.86. The molecule has 1 aliphatic rings. The second-order valence-corrected chi connectivity index (χ2v) is 6.32. The van der Waals surface area contributed by atoms with Gasteiger partial charge in [0.1, 0.15) is 12.4 Å². The molecule has 1 fully saturated rings. The van der Waals surface area contributed by atoms with E-state index in [1.807, 2.05) is 0 Å². The number of piperazine rings is 1. The van der Waals surface area contributed by atoms with Gasteiger partial charge in [-0.25, -0.2) is 0 Å². The van der Waals surface area contributed by atoms with E-state index < -0.39 is 0 Å². The summed E-state index contributed by atoms with van der Waals surface area (Å²) in [4.78, 5) is 5.02. The molecule has 0 amide bonds. The predicted octanol–water partition coefficient (Wildman–Crippen LogP) is 0.139. The second-order valence-electron chi connectivity index (χ2n) is 6.32. The highest BCUT2D eigenvalue weighted by atomic mass is 35.5. The molecule has 1 aromatic carbocycles. The Morgan fingerprint density at radius 1 is 1.09 bits per heavy atom. The first kappa shape index (κ1) is 19.3. The summed E-state index contributed by atoms with van der Waals surface area (Å²) in [6, 6.07) is 6.55. The van der Waals surface area contributed by atoms with Gasteiger partial charge < -0.3 is 22.0 Å². The molecule has 3 nitrogen and oxygen atoms in total. The van der Waals surface area contributed by atoms with Gasteiger partial charge >= 0.3 is 0 Å². The summed E-state index contributed by atoms with van der Waals surface area (Å²) in [6.07, 6.45) is 0. The molecule has 1 aromatic rings. The van der Waals surface area contributed by atoms with E-state index in [1.54, 1.807) is 0 Å². The van der Waals surface area contributed by atoms with E-state index >= 15 is 0 Å². The van der Waals surface area contributed by atoms with Gasteiger partial charge in [-0.2, -0.15) is 0 Å². The van der Waals surface area contributed by atoms with Crippen LogP contribution < -0.4 is 17.1 Å². The van der Waals surface area contributed by atoms with Crippen LogP contribution in [-0.4, -0.2) is 55.7 Å². The number of hydrogen-bond acceptors (Lipinski definition) is 3. The normalized spacial score (nSPS) is 16.6. The summed E-state index contributed by atoms with van der Waals surface area (Å²) in [6.45, 7) is 16.5. The smallest absolute Gasteiger partial charge is 0.123 e. The van der Waals surface area contributed by atoms with E-state index in [-0.39, 0.29) is 12.4 Å². The molecule has 0 saturated carbocycles. The molecule has 2 rings (SSSR count). The van der Waals surface area contributed by atoms with Gasteiger partial charge in [0.05, 0.1) is 0 Å². The third-order valence-electron chi connectivity index (χ3n) is 4.37. The number of aryl methyl sites for hydroxylation is 1. The molecule has 1 heterocycles. The minimum atomic E-state index is 0. The first-order chi connectivity index (χ1) is 10.1. The average molecular weight is 326 g/mol. The molecule has 1 aliphatic heterocycles. The van der Waals surface area contributed by atoms with Crippen LogP contribution in [0.25, 0.3) is 0 Å². The fourth-order valence-electron chi connectivity index (χ4n) is 2.86. The largest absolute Gasteiger partial charge is 1.00 e. The number of hydrogen-bond donors (Lipinski definition) is 0. The average Bonchev–Trinajstić information content (AvgIpc) is 2.48. The van der Waals surface area contributed by atoms with Crippen LogP contribution in [0.5, 0.6) is 5.75 Å². The Hall–Kier alpha value is -0.770. The Balaban J connectivity index is 0.00000242. The van der Waals surface area contributed by atoms with Gasteiger partial charge in [-0.3, -0.25) is 4.90 Å². The Morgan fingerprint density at radius 2 is 1.73 bits per heavy atom. The van der Waals surface area contributed by atoms with Crippen LogP contribution in [-0.2, 0) is 0 Å². The number of ether oxygens (including phenoxy) is 1. The summed E-state index contributed by atoms with van der Waals surface area (Å²) in [5.41, 5.74) is 2.59. The minimum Gasteiger partial charge on any atom is -1.00 e. The number of rotatable bonds is 6. The zero-order valence-corrected chi connectivity index (χ0v) is 15.2. The number of likely N-dealkylation sites (N-methyl/N-ethyl adjacent to an activating group) is 1. The highest BCUT2D eigenvalue weighted by Crippen LogP contribution is 2.27. The first-order valence-corrected chi connectivity index (χ1v) is 8.28. The van der Waals surface area contributed by atoms with E-state index in [0.29, 0.717) is 5.92 Å². The van der Waals surface area contributed by atoms with Gasteiger partial charge in [-0.1, -0.05) is 32.9 Å². The van der Waals surface area contributed by atoms with Gasteiger partial charge in [0.15, 0.2) is 0 Å². The lowest BCUT2D eigenvalue weighted by molar-refractivity contribution is -0.00000520. The standard InChI is InChI=1S/C18H30N2O.ClH/c1-5-19-8-10-20(11-9-19)12-13-21-18-14-16(4)6-7-17(18)15(2)3;/h6-7,14-15H,5,8-13H2,1-4H3;1H/p-1. The van der Waals surface area contributed by atoms with Gasteiger partial charge in [0, 0.05) is 32.7 Å². The topological polar surface area (TPSA) is 15.7 Å². The van der Waals surface area contributed by atoms with E-state index in [2.05, 4.69) is 55.7 Å². The van der Waals surface area contributed by atoms with Gasteiger partial charge in [0.2, 0.25) is 0 Å². The van der Waals surface area contributed by atoms with Crippen LogP contribution >= 0.6 is 0 Å². The van der Waals surface area contributed by atoms with Crippen molar-refractivity contribution in [3.05, 3.63) is 29.3 Å². The zero-order valence-electron chi connectivity index (χ0n) is 14.4. The van der Waals surface area contributed by atoms with Crippen LogP contribution in [0.3, 0.4) is 0 Å². The quantitative estimate of drug-likeness (QED) is 0.740. The first-order valence-electron chi connectivity index (χ1n) is 8.28. The molecule has 0 spiro atoms. The molecule has 0 radical (unpaired) electrons. The maximum Gasteiger partial charge on any atom is 0.123 e. The van der Waals surface area contributed by atoms with Crippen molar-refractivity contribution < 1.29 is 17.1 Å². The van der Waals surface area contributed by atoms with Gasteiger partial charge in [-0.05, 0) is 36.6 Å². The Morgan fingerprint density at radius 3 is 2.32 bits per heavy atom. The van der Waals surface area contributed by atoms with E-state index in [9.17, 15) is 0 Å². The monoisotopic (exact) mass is 325 g/mol. The highest BCUT2D eigenvalue weighted by molar-refractivity contribution is 5.39. The zero-order chi connectivity index (χ0) is 15.2. The number of halogens is 1. The summed E-state index contributed by atoms with van der Waals surface area (Å²) in [5.74, 6) is 1.57. The summed E-state index contributed by atoms with van der Waals surface area (Å²) >= 11 is 0. The van der Waals surface area contributed by atoms with Crippen LogP contribution in [0, 0.1) is 6.92 Å². The van der Waals surface area contributed by atoms with E-state index in [1.165, 1.54) is 43.9 Å². The number of benzene rings is 1. The van der Waals surface area contributed by atoms with Crippen molar-refractivity contribution in [1.29, 1.82) is 0 Å². The molecule has 0 unspecified atom stereocenters. The molecule has 4 heteroatoms. The van der Waals surface area contributed by atoms with E-state index in [4.69, 9.17) is 4.74 Å². The van der Waals surface area contributed by atoms with Crippen LogP contribution in [0.15, 0.2) is 18.2 Å². The molecule has 0 N–H and O–H groups in total. The third kappa shape index (κ3) is 5.45. The molecular weight excluding hydrogens is 296 g/mol. The van der Waals surface area contributed by atoms with Gasteiger partial charge in [0.25, 0.3) is 0 Å². The predicted molar refractivity (Wildman–Crippen MR) is 89.3 cm³/mol. The summed E-state index contributed by atoms with van der Waals surface area (Å²) < 4.78 is 6.08. The summed E-state index contributed by atoms with van der Waals surface area (Å²) in [5, 5.41) is 0. The Bertz CT molecular complexity index is 443. The molecule has 0 aliphatic carbocycles. The van der Waals surface area contributed by atoms with Crippen LogP contribution in [0.2, 0.25) is 0 Å². The minimum absolute atomic E-state index is 0. The maximum absolute atomic E-state index is 6.08. The molecule has 126 valence electrons. The molecule has 0 atom stereocenters. The highest BCUT2D eigenvalue weighted by Gasteiger charge is 2.15. The van der Waals surface area contributed by atoms with Crippen LogP contribution in [0.4, 0.5) is 0 Å². The van der Waals surface area contributed by atoms with Crippen molar-refractivity contribution in [2.45, 2.75) is 33.6 Å². The number of nitrogens with zero attached hydrogens (tertiary/aromatic N) is 2. The molecule has 22 heavy (non-hydrogen) atoms. The van der Waals surface area contributed by atoms with Crippen molar-refractivity contribution in [2.75, 3.05) is 45.9 Å². The lowest BCUT2D eigenvalue weighted by atomic mass is 10.0. The van der Waals surface area contributed by atoms with Crippen molar-refractivity contribution in [3.8, 4) is 5.75 Å². The van der Waals surface area contributed by atoms with Crippen LogP contribution in [0.1, 0.15) is 37.8 Å². The summed E-state index contributed by atoms with van der Waals surface area (Å²) in [7, 11) is 0. The SMILES string of the molecule is CCN1CCN(CCOc2cc(C)ccc2C(C)C)CC1.[Cl-]. The lowest BCUT2D eigenvalue weighted by Crippen LogP contribution is -3.00. The van der Waals surface area contributed by atoms with Crippen molar-refractivity contribution >= 4 is 0 Å². The lowest BCUT2D eigenvalue weighted by Gasteiger charge is -2.33. The van der Waals surface area contributed by atoms with Crippen molar-refractivity contribution in [1.82, 2.24) is 9.80 Å². The molecule has 0 aromatic heterocycles. The van der Waals surface area contributed by atoms with Crippen molar-refractivity contribution in [2.24, 2.45) is 0 Å². The molecular formula is C18H30ClN2O-. The third-order valence-corrected chi connectivity index (χ3v) is 4.37. The molecule has 1 saturated heterocycles. The molecule has 0 bridgehead atoms. The fraction of sp³-hybridized carbons (Fsp3) is 0.667. The van der Waals surface area contributed by atoms with E-state index in [0.717, 1.165) is 18.9 Å². The second kappa shape index (κ2) is 9.39. The van der Waals surface area contributed by atoms with Crippen molar-refractivity contribution in [3.63, 3.8) is 0 Å².